The Morgan fingerprint density at radius 3 is 2.22 bits per heavy atom. The third kappa shape index (κ3) is 3.77. The van der Waals surface area contributed by atoms with Gasteiger partial charge in [0.2, 0.25) is 5.95 Å². The van der Waals surface area contributed by atoms with Crippen molar-refractivity contribution in [3.8, 4) is 28.3 Å². The first-order valence-electron chi connectivity index (χ1n) is 15.7. The van der Waals surface area contributed by atoms with Gasteiger partial charge in [0.25, 0.3) is 0 Å². The second-order valence-corrected chi connectivity index (χ2v) is 12.1. The molecule has 0 spiro atoms. The molecule has 0 saturated carbocycles. The topological polar surface area (TPSA) is 43.1 Å². The van der Waals surface area contributed by atoms with Crippen LogP contribution in [0.4, 0.5) is 5.69 Å². The van der Waals surface area contributed by atoms with E-state index in [0.29, 0.717) is 5.95 Å². The summed E-state index contributed by atoms with van der Waals surface area (Å²) in [6, 6.07) is 49.3. The first-order valence-corrected chi connectivity index (χ1v) is 15.7. The Balaban J connectivity index is 1.13. The van der Waals surface area contributed by atoms with Gasteiger partial charge in [-0.15, -0.1) is 0 Å². The number of nitrogens with zero attached hydrogens (tertiary/aromatic N) is 4. The van der Waals surface area contributed by atoms with Crippen LogP contribution in [-0.4, -0.2) is 20.2 Å². The van der Waals surface area contributed by atoms with E-state index in [-0.39, 0.29) is 0 Å². The molecule has 0 bridgehead atoms. The third-order valence-electron chi connectivity index (χ3n) is 9.41. The standard InChI is InChI=1S/C42H26N4/c1-2-10-26(11-3-1)41-33-14-5-8-16-37(33)44-42(45-41)46-39-17-9-6-13-32(39)35-24-28(20-21-40(35)46)27-18-19-29-23-34-31-12-4-7-15-36(31)43-38(34)25-30(29)22-27/h1-24H,25H2. The van der Waals surface area contributed by atoms with Gasteiger partial charge < -0.3 is 0 Å². The largest absolute Gasteiger partial charge is 0.278 e. The van der Waals surface area contributed by atoms with Crippen LogP contribution >= 0.6 is 0 Å². The first-order chi connectivity index (χ1) is 22.8. The van der Waals surface area contributed by atoms with Crippen LogP contribution in [0.5, 0.6) is 0 Å². The third-order valence-corrected chi connectivity index (χ3v) is 9.41. The Hall–Kier alpha value is -6.13. The highest BCUT2D eigenvalue weighted by Crippen LogP contribution is 2.41. The predicted octanol–water partition coefficient (Wildman–Crippen LogP) is 10.2. The monoisotopic (exact) mass is 586 g/mol. The zero-order valence-electron chi connectivity index (χ0n) is 24.9. The molecule has 0 unspecified atom stereocenters. The number of rotatable bonds is 3. The van der Waals surface area contributed by atoms with E-state index in [1.807, 2.05) is 12.1 Å². The lowest BCUT2D eigenvalue weighted by Crippen LogP contribution is -2.08. The van der Waals surface area contributed by atoms with Gasteiger partial charge in [-0.25, -0.2) is 9.97 Å². The maximum atomic E-state index is 5.22. The Labute approximate surface area is 265 Å². The molecule has 0 N–H and O–H groups in total. The van der Waals surface area contributed by atoms with Crippen molar-refractivity contribution in [1.82, 2.24) is 14.5 Å². The van der Waals surface area contributed by atoms with E-state index >= 15 is 0 Å². The lowest BCUT2D eigenvalue weighted by Gasteiger charge is -2.17. The highest BCUT2D eigenvalue weighted by atomic mass is 15.2. The summed E-state index contributed by atoms with van der Waals surface area (Å²) in [4.78, 5) is 15.3. The van der Waals surface area contributed by atoms with Crippen LogP contribution in [0, 0.1) is 0 Å². The molecular weight excluding hydrogens is 560 g/mol. The van der Waals surface area contributed by atoms with Gasteiger partial charge in [0.15, 0.2) is 0 Å². The maximum absolute atomic E-state index is 5.22. The molecule has 214 valence electrons. The van der Waals surface area contributed by atoms with Crippen molar-refractivity contribution >= 4 is 55.8 Å². The maximum Gasteiger partial charge on any atom is 0.235 e. The van der Waals surface area contributed by atoms with Crippen LogP contribution < -0.4 is 0 Å². The van der Waals surface area contributed by atoms with E-state index in [0.717, 1.165) is 51.0 Å². The average Bonchev–Trinajstić information content (AvgIpc) is 3.65. The zero-order chi connectivity index (χ0) is 30.2. The smallest absolute Gasteiger partial charge is 0.235 e. The quantitative estimate of drug-likeness (QED) is 0.207. The number of hydrogen-bond acceptors (Lipinski definition) is 3. The summed E-state index contributed by atoms with van der Waals surface area (Å²) in [5, 5.41) is 3.41. The highest BCUT2D eigenvalue weighted by Gasteiger charge is 2.25. The lowest BCUT2D eigenvalue weighted by molar-refractivity contribution is 1.01. The molecule has 0 radical (unpaired) electrons. The molecule has 0 atom stereocenters. The summed E-state index contributed by atoms with van der Waals surface area (Å²) < 4.78 is 2.21. The second kappa shape index (κ2) is 9.68. The fourth-order valence-electron chi connectivity index (χ4n) is 7.22. The number of benzene rings is 6. The number of hydrogen-bond donors (Lipinski definition) is 0. The van der Waals surface area contributed by atoms with Crippen molar-refractivity contribution < 1.29 is 0 Å². The van der Waals surface area contributed by atoms with Crippen LogP contribution in [0.2, 0.25) is 0 Å². The molecule has 0 fully saturated rings. The SMILES string of the molecule is C1=C2C(=Nc3ccccc32)Cc2cc(-c3ccc4c(c3)c3ccccc3n4-c3nc(-c4ccccc4)c4ccccc4n3)ccc21. The Morgan fingerprint density at radius 1 is 0.543 bits per heavy atom. The Morgan fingerprint density at radius 2 is 1.28 bits per heavy atom. The molecule has 8 aromatic rings. The van der Waals surface area contributed by atoms with Gasteiger partial charge in [-0.3, -0.25) is 9.56 Å². The Bertz CT molecular complexity index is 2610. The summed E-state index contributed by atoms with van der Waals surface area (Å²) in [6.45, 7) is 0. The molecule has 0 amide bonds. The molecule has 1 aliphatic carbocycles. The van der Waals surface area contributed by atoms with Crippen LogP contribution in [-0.2, 0) is 6.42 Å². The number of allylic oxidation sites excluding steroid dienone is 1. The zero-order valence-corrected chi connectivity index (χ0v) is 24.9. The van der Waals surface area contributed by atoms with Crippen LogP contribution in [0.15, 0.2) is 145 Å². The molecule has 2 aliphatic rings. The van der Waals surface area contributed by atoms with Crippen molar-refractivity contribution in [2.75, 3.05) is 0 Å². The van der Waals surface area contributed by atoms with Gasteiger partial charge in [-0.05, 0) is 58.7 Å². The van der Waals surface area contributed by atoms with Crippen molar-refractivity contribution in [2.45, 2.75) is 6.42 Å². The van der Waals surface area contributed by atoms with Gasteiger partial charge in [0.1, 0.15) is 0 Å². The number of aromatic nitrogens is 3. The average molecular weight is 587 g/mol. The summed E-state index contributed by atoms with van der Waals surface area (Å²) in [6.07, 6.45) is 3.14. The molecule has 1 aliphatic heterocycles. The fraction of sp³-hybridized carbons (Fsp3) is 0.0238. The second-order valence-electron chi connectivity index (χ2n) is 12.1. The van der Waals surface area contributed by atoms with E-state index in [2.05, 4.69) is 138 Å². The molecule has 6 aromatic carbocycles. The van der Waals surface area contributed by atoms with E-state index < -0.39 is 0 Å². The highest BCUT2D eigenvalue weighted by molar-refractivity contribution is 6.34. The predicted molar refractivity (Wildman–Crippen MR) is 190 cm³/mol. The minimum Gasteiger partial charge on any atom is -0.278 e. The summed E-state index contributed by atoms with van der Waals surface area (Å²) in [7, 11) is 0. The van der Waals surface area contributed by atoms with E-state index in [1.165, 1.54) is 44.2 Å². The molecule has 4 nitrogen and oxygen atoms in total. The Kier molecular flexibility index (Phi) is 5.31. The molecule has 4 heteroatoms. The summed E-state index contributed by atoms with van der Waals surface area (Å²) in [5.41, 5.74) is 14.8. The minimum atomic E-state index is 0.672. The summed E-state index contributed by atoms with van der Waals surface area (Å²) >= 11 is 0. The normalized spacial score (nSPS) is 13.4. The van der Waals surface area contributed by atoms with Crippen molar-refractivity contribution in [2.24, 2.45) is 4.99 Å². The van der Waals surface area contributed by atoms with Crippen molar-refractivity contribution in [3.63, 3.8) is 0 Å². The van der Waals surface area contributed by atoms with Crippen LogP contribution in [0.25, 0.3) is 72.7 Å². The van der Waals surface area contributed by atoms with Gasteiger partial charge in [-0.2, -0.15) is 0 Å². The van der Waals surface area contributed by atoms with Crippen molar-refractivity contribution in [1.29, 1.82) is 0 Å². The first kappa shape index (κ1) is 25.2. The molecular formula is C42H26N4. The van der Waals surface area contributed by atoms with Gasteiger partial charge in [0, 0.05) is 39.3 Å². The summed E-state index contributed by atoms with van der Waals surface area (Å²) in [5.74, 6) is 0.672. The number of fused-ring (bicyclic) bond motifs is 8. The minimum absolute atomic E-state index is 0.672. The van der Waals surface area contributed by atoms with E-state index in [1.54, 1.807) is 0 Å². The molecule has 10 rings (SSSR count). The molecule has 3 heterocycles. The number of aliphatic imine (C=N–C) groups is 1. The molecule has 0 saturated heterocycles. The van der Waals surface area contributed by atoms with Crippen LogP contribution in [0.1, 0.15) is 16.7 Å². The molecule has 2 aromatic heterocycles. The number of para-hydroxylation sites is 3. The van der Waals surface area contributed by atoms with Crippen LogP contribution in [0.3, 0.4) is 0 Å². The van der Waals surface area contributed by atoms with E-state index in [4.69, 9.17) is 15.0 Å². The fourth-order valence-corrected chi connectivity index (χ4v) is 7.22. The van der Waals surface area contributed by atoms with E-state index in [9.17, 15) is 0 Å². The van der Waals surface area contributed by atoms with Gasteiger partial charge in [0.05, 0.1) is 33.6 Å². The van der Waals surface area contributed by atoms with Gasteiger partial charge >= 0.3 is 0 Å². The molecule has 46 heavy (non-hydrogen) atoms. The van der Waals surface area contributed by atoms with Crippen molar-refractivity contribution in [3.05, 3.63) is 156 Å². The van der Waals surface area contributed by atoms with Gasteiger partial charge in [-0.1, -0.05) is 109 Å². The lowest BCUT2D eigenvalue weighted by atomic mass is 9.86.